The summed E-state index contributed by atoms with van der Waals surface area (Å²) in [6, 6.07) is 0. The van der Waals surface area contributed by atoms with E-state index < -0.39 is 0 Å². The van der Waals surface area contributed by atoms with Gasteiger partial charge in [0.1, 0.15) is 7.11 Å². The standard InChI is InChI=1S/C5H11NO/c1-4-5(2)6-7-3/h4H2,1-3H3/b6-5-. The maximum Gasteiger partial charge on any atom is 0.106 e. The third-order valence-corrected chi connectivity index (χ3v) is 0.759. The molecule has 0 aromatic rings. The molecule has 0 aromatic heterocycles. The van der Waals surface area contributed by atoms with Crippen LogP contribution in [-0.4, -0.2) is 12.8 Å². The third-order valence-electron chi connectivity index (χ3n) is 0.759. The number of oxime groups is 1. The third kappa shape index (κ3) is 3.30. The van der Waals surface area contributed by atoms with Crippen LogP contribution in [0.4, 0.5) is 0 Å². The first kappa shape index (κ1) is 6.47. The Kier molecular flexibility index (Phi) is 3.38. The average molecular weight is 101 g/mol. The summed E-state index contributed by atoms with van der Waals surface area (Å²) < 4.78 is 0. The van der Waals surface area contributed by atoms with Crippen LogP contribution in [-0.2, 0) is 4.84 Å². The fourth-order valence-corrected chi connectivity index (χ4v) is 0.220. The summed E-state index contributed by atoms with van der Waals surface area (Å²) >= 11 is 0. The molecule has 7 heavy (non-hydrogen) atoms. The van der Waals surface area contributed by atoms with Gasteiger partial charge in [0.15, 0.2) is 0 Å². The second-order valence-corrected chi connectivity index (χ2v) is 1.36. The normalized spacial score (nSPS) is 11.6. The highest BCUT2D eigenvalue weighted by Gasteiger charge is 1.79. The smallest absolute Gasteiger partial charge is 0.106 e. The van der Waals surface area contributed by atoms with Crippen LogP contribution < -0.4 is 0 Å². The van der Waals surface area contributed by atoms with Crippen molar-refractivity contribution in [3.8, 4) is 0 Å². The maximum absolute atomic E-state index is 4.48. The van der Waals surface area contributed by atoms with E-state index >= 15 is 0 Å². The molecule has 0 aliphatic carbocycles. The molecule has 0 spiro atoms. The molecule has 0 N–H and O–H groups in total. The van der Waals surface area contributed by atoms with Gasteiger partial charge in [0.2, 0.25) is 0 Å². The first-order valence-electron chi connectivity index (χ1n) is 2.38. The predicted molar refractivity (Wildman–Crippen MR) is 30.4 cm³/mol. The van der Waals surface area contributed by atoms with Gasteiger partial charge in [-0.3, -0.25) is 0 Å². The lowest BCUT2D eigenvalue weighted by atomic mass is 10.3. The Bertz CT molecular complexity index is 68.5. The average Bonchev–Trinajstić information content (AvgIpc) is 1.68. The molecule has 0 saturated heterocycles. The fourth-order valence-electron chi connectivity index (χ4n) is 0.220. The van der Waals surface area contributed by atoms with Gasteiger partial charge in [0.05, 0.1) is 5.71 Å². The molecular weight excluding hydrogens is 90.1 g/mol. The van der Waals surface area contributed by atoms with Crippen LogP contribution in [0.5, 0.6) is 0 Å². The quantitative estimate of drug-likeness (QED) is 0.380. The molecule has 0 aliphatic heterocycles. The molecule has 0 fully saturated rings. The first-order chi connectivity index (χ1) is 3.31. The summed E-state index contributed by atoms with van der Waals surface area (Å²) in [5.74, 6) is 0. The van der Waals surface area contributed by atoms with Gasteiger partial charge >= 0.3 is 0 Å². The van der Waals surface area contributed by atoms with Crippen molar-refractivity contribution in [2.24, 2.45) is 5.16 Å². The molecule has 2 heteroatoms. The lowest BCUT2D eigenvalue weighted by Gasteiger charge is -1.88. The molecule has 0 aromatic carbocycles. The van der Waals surface area contributed by atoms with Gasteiger partial charge in [-0.1, -0.05) is 12.1 Å². The van der Waals surface area contributed by atoms with Crippen LogP contribution in [0, 0.1) is 0 Å². The maximum atomic E-state index is 4.48. The highest BCUT2D eigenvalue weighted by atomic mass is 16.6. The monoisotopic (exact) mass is 101 g/mol. The van der Waals surface area contributed by atoms with Crippen LogP contribution in [0.15, 0.2) is 5.16 Å². The summed E-state index contributed by atoms with van der Waals surface area (Å²) in [4.78, 5) is 4.48. The van der Waals surface area contributed by atoms with Crippen LogP contribution in [0.2, 0.25) is 0 Å². The van der Waals surface area contributed by atoms with Crippen molar-refractivity contribution in [2.75, 3.05) is 7.11 Å². The summed E-state index contributed by atoms with van der Waals surface area (Å²) in [6.45, 7) is 3.97. The number of rotatable bonds is 2. The summed E-state index contributed by atoms with van der Waals surface area (Å²) in [5.41, 5.74) is 1.03. The Labute approximate surface area is 44.2 Å². The second-order valence-electron chi connectivity index (χ2n) is 1.36. The van der Waals surface area contributed by atoms with Gasteiger partial charge < -0.3 is 4.84 Å². The van der Waals surface area contributed by atoms with Crippen LogP contribution in [0.1, 0.15) is 20.3 Å². The topological polar surface area (TPSA) is 21.6 Å². The Hall–Kier alpha value is -0.530. The van der Waals surface area contributed by atoms with E-state index in [0.717, 1.165) is 12.1 Å². The molecular formula is C5H11NO. The number of hydrogen-bond acceptors (Lipinski definition) is 2. The van der Waals surface area contributed by atoms with Crippen LogP contribution in [0.3, 0.4) is 0 Å². The van der Waals surface area contributed by atoms with E-state index in [4.69, 9.17) is 0 Å². The van der Waals surface area contributed by atoms with Gasteiger partial charge in [-0.2, -0.15) is 0 Å². The molecule has 0 atom stereocenters. The predicted octanol–water partition coefficient (Wildman–Crippen LogP) is 1.42. The van der Waals surface area contributed by atoms with Crippen molar-refractivity contribution in [3.63, 3.8) is 0 Å². The summed E-state index contributed by atoms with van der Waals surface area (Å²) in [5, 5.41) is 3.66. The second kappa shape index (κ2) is 3.65. The molecule has 42 valence electrons. The molecule has 0 aliphatic rings. The van der Waals surface area contributed by atoms with Crippen molar-refractivity contribution >= 4 is 5.71 Å². The van der Waals surface area contributed by atoms with Crippen molar-refractivity contribution in [1.29, 1.82) is 0 Å². The molecule has 0 amide bonds. The van der Waals surface area contributed by atoms with Crippen molar-refractivity contribution in [3.05, 3.63) is 0 Å². The van der Waals surface area contributed by atoms with Gasteiger partial charge in [0.25, 0.3) is 0 Å². The van der Waals surface area contributed by atoms with Crippen molar-refractivity contribution < 1.29 is 4.84 Å². The SMILES string of the molecule is CC/C(C)=N\OC. The highest BCUT2D eigenvalue weighted by molar-refractivity contribution is 5.80. The Morgan fingerprint density at radius 2 is 2.29 bits per heavy atom. The Morgan fingerprint density at radius 3 is 2.43 bits per heavy atom. The van der Waals surface area contributed by atoms with Gasteiger partial charge in [-0.15, -0.1) is 0 Å². The minimum atomic E-state index is 0.966. The molecule has 0 rings (SSSR count). The van der Waals surface area contributed by atoms with Crippen LogP contribution in [0.25, 0.3) is 0 Å². The van der Waals surface area contributed by atoms with E-state index in [2.05, 4.69) is 9.99 Å². The Morgan fingerprint density at radius 1 is 1.71 bits per heavy atom. The van der Waals surface area contributed by atoms with Gasteiger partial charge in [0, 0.05) is 0 Å². The van der Waals surface area contributed by atoms with E-state index in [9.17, 15) is 0 Å². The number of hydrogen-bond donors (Lipinski definition) is 0. The zero-order valence-corrected chi connectivity index (χ0v) is 5.06. The summed E-state index contributed by atoms with van der Waals surface area (Å²) in [7, 11) is 1.55. The van der Waals surface area contributed by atoms with Gasteiger partial charge in [-0.25, -0.2) is 0 Å². The van der Waals surface area contributed by atoms with Crippen molar-refractivity contribution in [1.82, 2.24) is 0 Å². The zero-order valence-electron chi connectivity index (χ0n) is 5.06. The molecule has 0 saturated carbocycles. The van der Waals surface area contributed by atoms with Crippen LogP contribution >= 0.6 is 0 Å². The molecule has 0 unspecified atom stereocenters. The lowest BCUT2D eigenvalue weighted by Crippen LogP contribution is -1.86. The Balaban J connectivity index is 3.29. The highest BCUT2D eigenvalue weighted by Crippen LogP contribution is 1.81. The fraction of sp³-hybridized carbons (Fsp3) is 0.800. The van der Waals surface area contributed by atoms with E-state index in [1.54, 1.807) is 7.11 Å². The van der Waals surface area contributed by atoms with E-state index in [1.165, 1.54) is 0 Å². The minimum absolute atomic E-state index is 0.966. The van der Waals surface area contributed by atoms with E-state index in [1.807, 2.05) is 13.8 Å². The minimum Gasteiger partial charge on any atom is -0.399 e. The molecule has 2 nitrogen and oxygen atoms in total. The van der Waals surface area contributed by atoms with Gasteiger partial charge in [-0.05, 0) is 13.3 Å². The van der Waals surface area contributed by atoms with E-state index in [0.29, 0.717) is 0 Å². The molecule has 0 radical (unpaired) electrons. The molecule has 0 bridgehead atoms. The lowest BCUT2D eigenvalue weighted by molar-refractivity contribution is 0.212. The summed E-state index contributed by atoms with van der Waals surface area (Å²) in [6.07, 6.45) is 0.966. The largest absolute Gasteiger partial charge is 0.399 e. The molecule has 0 heterocycles. The van der Waals surface area contributed by atoms with Crippen molar-refractivity contribution in [2.45, 2.75) is 20.3 Å². The first-order valence-corrected chi connectivity index (χ1v) is 2.38. The number of nitrogens with zero attached hydrogens (tertiary/aromatic N) is 1. The zero-order chi connectivity index (χ0) is 5.70. The van der Waals surface area contributed by atoms with E-state index in [-0.39, 0.29) is 0 Å².